The number of fused-ring (bicyclic) bond motifs is 1. The molecular weight excluding hydrogens is 451 g/mol. The molecule has 2 aromatic heterocycles. The predicted octanol–water partition coefficient (Wildman–Crippen LogP) is 3.91. The van der Waals surface area contributed by atoms with Crippen molar-refractivity contribution in [1.82, 2.24) is 20.3 Å². The number of amides is 1. The monoisotopic (exact) mass is 482 g/mol. The third-order valence-electron chi connectivity index (χ3n) is 6.64. The summed E-state index contributed by atoms with van der Waals surface area (Å²) in [6.07, 6.45) is 8.42. The average molecular weight is 483 g/mol. The Bertz CT molecular complexity index is 1120. The normalized spacial score (nSPS) is 18.8. The van der Waals surface area contributed by atoms with E-state index in [-0.39, 0.29) is 29.7 Å². The van der Waals surface area contributed by atoms with E-state index >= 15 is 0 Å². The molecule has 8 nitrogen and oxygen atoms in total. The first-order valence-corrected chi connectivity index (χ1v) is 11.9. The van der Waals surface area contributed by atoms with Gasteiger partial charge in [-0.25, -0.2) is 14.4 Å². The highest BCUT2D eigenvalue weighted by Crippen LogP contribution is 2.39. The standard InChI is InChI=1S/C26H31FN4O4/c1-33-11-12-35-16-24(31-25(32)19-14-29-26(34-2)30-15-19)18-5-3-17(4-6-18)21-9-10-28-23-8-7-20(27)13-22(21)23/h7-10,13-15,17-18,24H,3-6,11-12,16H2,1-2H3,(H,31,32)/t17-,18+,24-/m0/s1. The van der Waals surface area contributed by atoms with Gasteiger partial charge in [0, 0.05) is 31.1 Å². The molecule has 4 rings (SSSR count). The number of benzene rings is 1. The number of nitrogens with one attached hydrogen (secondary N) is 1. The molecule has 1 aliphatic rings. The second kappa shape index (κ2) is 12.0. The highest BCUT2D eigenvalue weighted by atomic mass is 19.1. The molecule has 1 aromatic carbocycles. The van der Waals surface area contributed by atoms with E-state index in [4.69, 9.17) is 14.2 Å². The zero-order chi connectivity index (χ0) is 24.6. The van der Waals surface area contributed by atoms with Crippen LogP contribution in [0.4, 0.5) is 4.39 Å². The molecule has 186 valence electrons. The summed E-state index contributed by atoms with van der Waals surface area (Å²) in [5.41, 5.74) is 2.32. The van der Waals surface area contributed by atoms with Crippen molar-refractivity contribution in [1.29, 1.82) is 0 Å². The SMILES string of the molecule is COCCOC[C@H](NC(=O)c1cnc(OC)nc1)[C@H]1CC[C@@H](c2ccnc3ccc(F)cc32)CC1. The number of rotatable bonds is 10. The minimum absolute atomic E-state index is 0.158. The molecule has 1 atom stereocenters. The second-order valence-corrected chi connectivity index (χ2v) is 8.78. The van der Waals surface area contributed by atoms with Crippen molar-refractivity contribution in [2.45, 2.75) is 37.6 Å². The second-order valence-electron chi connectivity index (χ2n) is 8.78. The maximum Gasteiger partial charge on any atom is 0.316 e. The van der Waals surface area contributed by atoms with Gasteiger partial charge in [0.1, 0.15) is 5.82 Å². The number of hydrogen-bond acceptors (Lipinski definition) is 7. The van der Waals surface area contributed by atoms with E-state index in [0.717, 1.165) is 42.1 Å². The maximum atomic E-state index is 13.9. The molecule has 1 aliphatic carbocycles. The van der Waals surface area contributed by atoms with Gasteiger partial charge in [-0.2, -0.15) is 0 Å². The first kappa shape index (κ1) is 24.9. The van der Waals surface area contributed by atoms with E-state index in [9.17, 15) is 9.18 Å². The Kier molecular flexibility index (Phi) is 8.54. The summed E-state index contributed by atoms with van der Waals surface area (Å²) in [4.78, 5) is 25.3. The molecule has 1 fully saturated rings. The number of hydrogen-bond donors (Lipinski definition) is 1. The third-order valence-corrected chi connectivity index (χ3v) is 6.64. The lowest BCUT2D eigenvalue weighted by Crippen LogP contribution is -2.45. The van der Waals surface area contributed by atoms with Gasteiger partial charge in [0.2, 0.25) is 0 Å². The van der Waals surface area contributed by atoms with Crippen molar-refractivity contribution < 1.29 is 23.4 Å². The number of halogens is 1. The lowest BCUT2D eigenvalue weighted by Gasteiger charge is -2.34. The zero-order valence-corrected chi connectivity index (χ0v) is 20.1. The van der Waals surface area contributed by atoms with E-state index in [2.05, 4.69) is 20.3 Å². The molecule has 0 aliphatic heterocycles. The fourth-order valence-corrected chi connectivity index (χ4v) is 4.77. The molecule has 0 bridgehead atoms. The van der Waals surface area contributed by atoms with Crippen LogP contribution in [0, 0.1) is 11.7 Å². The van der Waals surface area contributed by atoms with Crippen molar-refractivity contribution in [3.8, 4) is 6.01 Å². The Labute approximate surface area is 204 Å². The van der Waals surface area contributed by atoms with Gasteiger partial charge in [0.05, 0.1) is 44.1 Å². The molecule has 0 radical (unpaired) electrons. The van der Waals surface area contributed by atoms with Gasteiger partial charge in [-0.05, 0) is 67.3 Å². The summed E-state index contributed by atoms with van der Waals surface area (Å²) >= 11 is 0. The Morgan fingerprint density at radius 1 is 1.09 bits per heavy atom. The van der Waals surface area contributed by atoms with Gasteiger partial charge < -0.3 is 19.5 Å². The molecule has 1 N–H and O–H groups in total. The lowest BCUT2D eigenvalue weighted by atomic mass is 9.75. The number of nitrogens with zero attached hydrogens (tertiary/aromatic N) is 3. The van der Waals surface area contributed by atoms with Crippen molar-refractivity contribution in [2.75, 3.05) is 34.0 Å². The van der Waals surface area contributed by atoms with Crippen LogP contribution in [0.25, 0.3) is 10.9 Å². The summed E-state index contributed by atoms with van der Waals surface area (Å²) in [6, 6.07) is 6.81. The van der Waals surface area contributed by atoms with Crippen LogP contribution in [0.5, 0.6) is 6.01 Å². The molecule has 9 heteroatoms. The van der Waals surface area contributed by atoms with E-state index in [1.807, 2.05) is 6.07 Å². The topological polar surface area (TPSA) is 95.5 Å². The summed E-state index contributed by atoms with van der Waals surface area (Å²) in [7, 11) is 3.10. The van der Waals surface area contributed by atoms with Gasteiger partial charge in [-0.3, -0.25) is 9.78 Å². The lowest BCUT2D eigenvalue weighted by molar-refractivity contribution is 0.0422. The van der Waals surface area contributed by atoms with Crippen molar-refractivity contribution >= 4 is 16.8 Å². The molecule has 35 heavy (non-hydrogen) atoms. The fraction of sp³-hybridized carbons (Fsp3) is 0.462. The van der Waals surface area contributed by atoms with Crippen LogP contribution >= 0.6 is 0 Å². The highest BCUT2D eigenvalue weighted by molar-refractivity contribution is 5.93. The van der Waals surface area contributed by atoms with Crippen molar-refractivity contribution in [2.24, 2.45) is 5.92 Å². The Balaban J connectivity index is 1.43. The van der Waals surface area contributed by atoms with E-state index in [1.165, 1.54) is 25.6 Å². The summed E-state index contributed by atoms with van der Waals surface area (Å²) in [5, 5.41) is 4.00. The van der Waals surface area contributed by atoms with Crippen LogP contribution < -0.4 is 10.1 Å². The summed E-state index contributed by atoms with van der Waals surface area (Å²) in [6.45, 7) is 1.34. The number of methoxy groups -OCH3 is 2. The van der Waals surface area contributed by atoms with Gasteiger partial charge >= 0.3 is 6.01 Å². The molecule has 0 spiro atoms. The van der Waals surface area contributed by atoms with Crippen LogP contribution in [0.2, 0.25) is 0 Å². The van der Waals surface area contributed by atoms with Crippen LogP contribution in [0.3, 0.4) is 0 Å². The molecular formula is C26H31FN4O4. The van der Waals surface area contributed by atoms with Gasteiger partial charge in [0.25, 0.3) is 5.91 Å². The molecule has 1 amide bonds. The first-order chi connectivity index (χ1) is 17.1. The molecule has 0 unspecified atom stereocenters. The van der Waals surface area contributed by atoms with Crippen LogP contribution in [0.1, 0.15) is 47.5 Å². The Morgan fingerprint density at radius 3 is 2.57 bits per heavy atom. The summed E-state index contributed by atoms with van der Waals surface area (Å²) < 4.78 is 29.8. The van der Waals surface area contributed by atoms with Crippen molar-refractivity contribution in [3.63, 3.8) is 0 Å². The minimum Gasteiger partial charge on any atom is -0.467 e. The number of aromatic nitrogens is 3. The smallest absolute Gasteiger partial charge is 0.316 e. The average Bonchev–Trinajstić information content (AvgIpc) is 2.90. The molecule has 1 saturated carbocycles. The zero-order valence-electron chi connectivity index (χ0n) is 20.1. The minimum atomic E-state index is -0.251. The van der Waals surface area contributed by atoms with Gasteiger partial charge in [-0.1, -0.05) is 0 Å². The third kappa shape index (κ3) is 6.29. The number of pyridine rings is 1. The maximum absolute atomic E-state index is 13.9. The molecule has 3 aromatic rings. The predicted molar refractivity (Wildman–Crippen MR) is 129 cm³/mol. The highest BCUT2D eigenvalue weighted by Gasteiger charge is 2.30. The summed E-state index contributed by atoms with van der Waals surface area (Å²) in [5.74, 6) is 0.0747. The van der Waals surface area contributed by atoms with Crippen LogP contribution in [-0.4, -0.2) is 60.9 Å². The van der Waals surface area contributed by atoms with Gasteiger partial charge in [0.15, 0.2) is 0 Å². The first-order valence-electron chi connectivity index (χ1n) is 11.9. The Morgan fingerprint density at radius 2 is 1.86 bits per heavy atom. The number of carbonyl (C=O) groups is 1. The van der Waals surface area contributed by atoms with E-state index in [1.54, 1.807) is 25.4 Å². The van der Waals surface area contributed by atoms with Crippen LogP contribution in [-0.2, 0) is 9.47 Å². The molecule has 2 heterocycles. The van der Waals surface area contributed by atoms with Gasteiger partial charge in [-0.15, -0.1) is 0 Å². The quantitative estimate of drug-likeness (QED) is 0.438. The van der Waals surface area contributed by atoms with Crippen molar-refractivity contribution in [3.05, 3.63) is 59.8 Å². The molecule has 0 saturated heterocycles. The van der Waals surface area contributed by atoms with Crippen LogP contribution in [0.15, 0.2) is 42.9 Å². The van der Waals surface area contributed by atoms with E-state index < -0.39 is 0 Å². The number of carbonyl (C=O) groups excluding carboxylic acids is 1. The number of ether oxygens (including phenoxy) is 3. The Hall–Kier alpha value is -3.17. The largest absolute Gasteiger partial charge is 0.467 e. The fourth-order valence-electron chi connectivity index (χ4n) is 4.77. The van der Waals surface area contributed by atoms with E-state index in [0.29, 0.717) is 31.3 Å².